The minimum atomic E-state index is -0.358. The molecule has 0 aliphatic heterocycles. The van der Waals surface area contributed by atoms with Gasteiger partial charge in [0, 0.05) is 71.2 Å². The first-order valence-electron chi connectivity index (χ1n) is 15.2. The summed E-state index contributed by atoms with van der Waals surface area (Å²) in [5.41, 5.74) is 1.38. The van der Waals surface area contributed by atoms with E-state index in [1.165, 1.54) is 9.80 Å². The lowest BCUT2D eigenvalue weighted by Crippen LogP contribution is -2.36. The summed E-state index contributed by atoms with van der Waals surface area (Å²) in [7, 11) is 3.21. The Balaban J connectivity index is 2.24. The van der Waals surface area contributed by atoms with E-state index in [1.54, 1.807) is 52.2 Å². The lowest BCUT2D eigenvalue weighted by Gasteiger charge is -2.21. The number of anilines is 1. The van der Waals surface area contributed by atoms with Crippen LogP contribution in [0.4, 0.5) is 5.69 Å². The maximum Gasteiger partial charge on any atom is 0.236 e. The molecule has 0 bridgehead atoms. The second-order valence-corrected chi connectivity index (χ2v) is 10.9. The molecule has 1 aromatic rings. The van der Waals surface area contributed by atoms with Crippen LogP contribution in [0.2, 0.25) is 0 Å². The summed E-state index contributed by atoms with van der Waals surface area (Å²) in [5, 5.41) is 5.61. The molecule has 43 heavy (non-hydrogen) atoms. The molecule has 0 spiro atoms. The molecule has 240 valence electrons. The number of ketones is 2. The SMILES string of the molecule is CCC(=O)CCNC(=O)Cc1ccc(N(C)C(=O)CC(=O)N(C)CCOCCCC(=O)NCCCCC(C)C(C)=O)cc1. The molecule has 0 saturated heterocycles. The lowest BCUT2D eigenvalue weighted by atomic mass is 10.0. The molecule has 4 amide bonds. The summed E-state index contributed by atoms with van der Waals surface area (Å²) in [6.07, 6.45) is 4.15. The Morgan fingerprint density at radius 2 is 1.51 bits per heavy atom. The van der Waals surface area contributed by atoms with E-state index in [4.69, 9.17) is 4.74 Å². The van der Waals surface area contributed by atoms with Crippen molar-refractivity contribution in [1.29, 1.82) is 0 Å². The molecule has 1 atom stereocenters. The number of carbonyl (C=O) groups excluding carboxylic acids is 6. The smallest absolute Gasteiger partial charge is 0.236 e. The van der Waals surface area contributed by atoms with Gasteiger partial charge in [0.2, 0.25) is 23.6 Å². The van der Waals surface area contributed by atoms with E-state index in [2.05, 4.69) is 10.6 Å². The van der Waals surface area contributed by atoms with Crippen molar-refractivity contribution in [2.45, 2.75) is 78.6 Å². The van der Waals surface area contributed by atoms with Gasteiger partial charge in [-0.15, -0.1) is 0 Å². The van der Waals surface area contributed by atoms with Gasteiger partial charge >= 0.3 is 0 Å². The Hall–Kier alpha value is -3.60. The van der Waals surface area contributed by atoms with Crippen LogP contribution in [0.5, 0.6) is 0 Å². The number of unbranched alkanes of at least 4 members (excludes halogenated alkanes) is 1. The topological polar surface area (TPSA) is 142 Å². The Labute approximate surface area is 256 Å². The zero-order chi connectivity index (χ0) is 32.2. The predicted octanol–water partition coefficient (Wildman–Crippen LogP) is 2.83. The molecule has 2 N–H and O–H groups in total. The van der Waals surface area contributed by atoms with Crippen molar-refractivity contribution in [2.75, 3.05) is 51.8 Å². The molecule has 1 unspecified atom stereocenters. The van der Waals surface area contributed by atoms with Gasteiger partial charge in [0.1, 0.15) is 18.0 Å². The second kappa shape index (κ2) is 21.1. The molecule has 0 fully saturated rings. The van der Waals surface area contributed by atoms with Gasteiger partial charge in [-0.2, -0.15) is 0 Å². The van der Waals surface area contributed by atoms with Gasteiger partial charge in [0.15, 0.2) is 0 Å². The van der Waals surface area contributed by atoms with E-state index in [9.17, 15) is 28.8 Å². The first kappa shape index (κ1) is 37.4. The normalized spacial score (nSPS) is 11.4. The van der Waals surface area contributed by atoms with E-state index < -0.39 is 0 Å². The van der Waals surface area contributed by atoms with Crippen LogP contribution in [0, 0.1) is 5.92 Å². The molecule has 0 aliphatic carbocycles. The number of amides is 4. The Morgan fingerprint density at radius 3 is 2.16 bits per heavy atom. The van der Waals surface area contributed by atoms with Crippen molar-refractivity contribution >= 4 is 40.9 Å². The van der Waals surface area contributed by atoms with Gasteiger partial charge in [0.05, 0.1) is 13.0 Å². The van der Waals surface area contributed by atoms with E-state index in [-0.39, 0.29) is 54.0 Å². The van der Waals surface area contributed by atoms with Gasteiger partial charge in [-0.25, -0.2) is 0 Å². The molecular formula is C32H50N4O7. The molecule has 11 heteroatoms. The van der Waals surface area contributed by atoms with Crippen LogP contribution in [-0.2, 0) is 39.9 Å². The van der Waals surface area contributed by atoms with Crippen molar-refractivity contribution < 1.29 is 33.5 Å². The predicted molar refractivity (Wildman–Crippen MR) is 165 cm³/mol. The molecular weight excluding hydrogens is 552 g/mol. The van der Waals surface area contributed by atoms with Crippen molar-refractivity contribution in [3.05, 3.63) is 29.8 Å². The number of hydrogen-bond donors (Lipinski definition) is 2. The van der Waals surface area contributed by atoms with Crippen LogP contribution in [0.3, 0.4) is 0 Å². The number of nitrogens with zero attached hydrogens (tertiary/aromatic N) is 2. The summed E-state index contributed by atoms with van der Waals surface area (Å²) in [4.78, 5) is 74.6. The van der Waals surface area contributed by atoms with Crippen molar-refractivity contribution in [3.63, 3.8) is 0 Å². The van der Waals surface area contributed by atoms with E-state index >= 15 is 0 Å². The summed E-state index contributed by atoms with van der Waals surface area (Å²) < 4.78 is 5.55. The fourth-order valence-electron chi connectivity index (χ4n) is 3.99. The number of likely N-dealkylation sites (N-methyl/N-ethyl adjacent to an activating group) is 1. The average Bonchev–Trinajstić information content (AvgIpc) is 2.98. The maximum absolute atomic E-state index is 12.7. The van der Waals surface area contributed by atoms with Crippen LogP contribution in [-0.4, -0.2) is 87.0 Å². The number of hydrogen-bond acceptors (Lipinski definition) is 7. The van der Waals surface area contributed by atoms with Gasteiger partial charge in [-0.3, -0.25) is 28.8 Å². The van der Waals surface area contributed by atoms with Crippen molar-refractivity contribution in [2.24, 2.45) is 5.92 Å². The third-order valence-corrected chi connectivity index (χ3v) is 7.25. The quantitative estimate of drug-likeness (QED) is 0.154. The highest BCUT2D eigenvalue weighted by atomic mass is 16.5. The zero-order valence-corrected chi connectivity index (χ0v) is 26.5. The largest absolute Gasteiger partial charge is 0.380 e. The number of ether oxygens (including phenoxy) is 1. The molecule has 1 rings (SSSR count). The van der Waals surface area contributed by atoms with Crippen LogP contribution >= 0.6 is 0 Å². The molecule has 0 aliphatic rings. The monoisotopic (exact) mass is 602 g/mol. The van der Waals surface area contributed by atoms with Gasteiger partial charge in [-0.1, -0.05) is 32.4 Å². The first-order chi connectivity index (χ1) is 20.4. The standard InChI is InChI=1S/C32H50N4O7/c1-6-28(38)16-18-34-30(40)22-26-12-14-27(15-13-26)36(5)32(42)23-31(41)35(4)19-21-43-20-9-11-29(39)33-17-8-7-10-24(2)25(3)37/h12-15,24H,6-11,16-23H2,1-5H3,(H,33,39)(H,34,40). The molecule has 0 radical (unpaired) electrons. The van der Waals surface area contributed by atoms with Crippen molar-refractivity contribution in [3.8, 4) is 0 Å². The van der Waals surface area contributed by atoms with E-state index in [1.807, 2.05) is 6.92 Å². The number of benzene rings is 1. The number of rotatable bonds is 22. The molecule has 0 aromatic heterocycles. The van der Waals surface area contributed by atoms with E-state index in [0.717, 1.165) is 24.8 Å². The highest BCUT2D eigenvalue weighted by Crippen LogP contribution is 2.16. The van der Waals surface area contributed by atoms with Crippen molar-refractivity contribution in [1.82, 2.24) is 15.5 Å². The Kier molecular flexibility index (Phi) is 18.4. The van der Waals surface area contributed by atoms with Crippen LogP contribution < -0.4 is 15.5 Å². The minimum absolute atomic E-state index is 0.0326. The van der Waals surface area contributed by atoms with Gasteiger partial charge in [0.25, 0.3) is 0 Å². The summed E-state index contributed by atoms with van der Waals surface area (Å²) in [5.74, 6) is -0.533. The highest BCUT2D eigenvalue weighted by Gasteiger charge is 2.18. The van der Waals surface area contributed by atoms with Crippen LogP contribution in [0.1, 0.15) is 77.7 Å². The fraction of sp³-hybridized carbons (Fsp3) is 0.625. The highest BCUT2D eigenvalue weighted by molar-refractivity contribution is 6.04. The zero-order valence-electron chi connectivity index (χ0n) is 26.5. The Morgan fingerprint density at radius 1 is 0.837 bits per heavy atom. The second-order valence-electron chi connectivity index (χ2n) is 10.9. The lowest BCUT2D eigenvalue weighted by molar-refractivity contribution is -0.135. The number of nitrogens with one attached hydrogen (secondary N) is 2. The van der Waals surface area contributed by atoms with E-state index in [0.29, 0.717) is 64.2 Å². The Bertz CT molecular complexity index is 1060. The maximum atomic E-state index is 12.7. The van der Waals surface area contributed by atoms with Gasteiger partial charge in [-0.05, 0) is 43.9 Å². The third kappa shape index (κ3) is 16.6. The first-order valence-corrected chi connectivity index (χ1v) is 15.2. The molecule has 11 nitrogen and oxygen atoms in total. The van der Waals surface area contributed by atoms with Crippen LogP contribution in [0.25, 0.3) is 0 Å². The summed E-state index contributed by atoms with van der Waals surface area (Å²) in [6.45, 7) is 7.24. The summed E-state index contributed by atoms with van der Waals surface area (Å²) >= 11 is 0. The number of carbonyl (C=O) groups is 6. The summed E-state index contributed by atoms with van der Waals surface area (Å²) in [6, 6.07) is 6.95. The molecule has 0 heterocycles. The van der Waals surface area contributed by atoms with Gasteiger partial charge < -0.3 is 25.2 Å². The fourth-order valence-corrected chi connectivity index (χ4v) is 3.99. The third-order valence-electron chi connectivity index (χ3n) is 7.25. The van der Waals surface area contributed by atoms with Crippen LogP contribution in [0.15, 0.2) is 24.3 Å². The minimum Gasteiger partial charge on any atom is -0.380 e. The average molecular weight is 603 g/mol. The number of Topliss-reactive ketones (excluding diaryl/α,β-unsaturated/α-hetero) is 2. The molecule has 1 aromatic carbocycles. The molecule has 0 saturated carbocycles.